The smallest absolute Gasteiger partial charge is 0.228 e. The molecular formula is C22H34N2O3. The first-order valence-corrected chi connectivity index (χ1v) is 9.88. The van der Waals surface area contributed by atoms with E-state index < -0.39 is 6.04 Å². The van der Waals surface area contributed by atoms with E-state index in [1.54, 1.807) is 0 Å². The highest BCUT2D eigenvalue weighted by Gasteiger charge is 2.38. The molecule has 2 rings (SSSR count). The van der Waals surface area contributed by atoms with Crippen LogP contribution in [0.3, 0.4) is 0 Å². The van der Waals surface area contributed by atoms with Crippen LogP contribution in [0.5, 0.6) is 0 Å². The van der Waals surface area contributed by atoms with Crippen LogP contribution in [0.15, 0.2) is 30.3 Å². The number of rotatable bonds is 9. The molecule has 1 heterocycles. The van der Waals surface area contributed by atoms with Crippen molar-refractivity contribution in [3.05, 3.63) is 35.9 Å². The quantitative estimate of drug-likeness (QED) is 0.722. The normalized spacial score (nSPS) is 21.5. The molecule has 5 heteroatoms. The fraction of sp³-hybridized carbons (Fsp3) is 0.636. The SMILES string of the molecule is CCC(C)(C)CC(C(=O)NC1C(=O)COC1CCN(C)C)c1ccccc1. The van der Waals surface area contributed by atoms with E-state index in [-0.39, 0.29) is 35.7 Å². The van der Waals surface area contributed by atoms with Gasteiger partial charge in [-0.3, -0.25) is 9.59 Å². The second-order valence-electron chi connectivity index (χ2n) is 8.58. The molecule has 3 unspecified atom stereocenters. The molecule has 1 aliphatic heterocycles. The van der Waals surface area contributed by atoms with Gasteiger partial charge in [-0.25, -0.2) is 0 Å². The summed E-state index contributed by atoms with van der Waals surface area (Å²) in [6.45, 7) is 7.40. The molecule has 0 radical (unpaired) electrons. The van der Waals surface area contributed by atoms with E-state index in [0.29, 0.717) is 0 Å². The molecule has 1 aromatic carbocycles. The Morgan fingerprint density at radius 2 is 1.96 bits per heavy atom. The zero-order valence-corrected chi connectivity index (χ0v) is 17.3. The molecule has 27 heavy (non-hydrogen) atoms. The summed E-state index contributed by atoms with van der Waals surface area (Å²) in [4.78, 5) is 27.6. The number of hydrogen-bond acceptors (Lipinski definition) is 4. The maximum Gasteiger partial charge on any atom is 0.228 e. The lowest BCUT2D eigenvalue weighted by Crippen LogP contribution is -2.47. The molecule has 1 fully saturated rings. The minimum absolute atomic E-state index is 0.0336. The zero-order valence-electron chi connectivity index (χ0n) is 17.3. The molecule has 3 atom stereocenters. The average molecular weight is 375 g/mol. The molecule has 1 aliphatic rings. The number of carbonyl (C=O) groups excluding carboxylic acids is 2. The van der Waals surface area contributed by atoms with Crippen molar-refractivity contribution in [3.8, 4) is 0 Å². The number of carbonyl (C=O) groups is 2. The summed E-state index contributed by atoms with van der Waals surface area (Å²) in [5.41, 5.74) is 1.03. The van der Waals surface area contributed by atoms with Crippen LogP contribution in [-0.2, 0) is 14.3 Å². The number of hydrogen-bond donors (Lipinski definition) is 1. The van der Waals surface area contributed by atoms with Gasteiger partial charge < -0.3 is 15.0 Å². The Balaban J connectivity index is 2.15. The Labute approximate surface area is 163 Å². The molecule has 0 bridgehead atoms. The first kappa shape index (κ1) is 21.6. The van der Waals surface area contributed by atoms with Crippen molar-refractivity contribution < 1.29 is 14.3 Å². The predicted molar refractivity (Wildman–Crippen MR) is 108 cm³/mol. The average Bonchev–Trinajstić information content (AvgIpc) is 2.98. The molecule has 1 saturated heterocycles. The number of Topliss-reactive ketones (excluding diaryl/α,β-unsaturated/α-hetero) is 1. The number of ether oxygens (including phenoxy) is 1. The molecule has 150 valence electrons. The number of nitrogens with zero attached hydrogens (tertiary/aromatic N) is 1. The molecular weight excluding hydrogens is 340 g/mol. The maximum atomic E-state index is 13.2. The van der Waals surface area contributed by atoms with Gasteiger partial charge in [0.15, 0.2) is 5.78 Å². The van der Waals surface area contributed by atoms with Gasteiger partial charge in [0, 0.05) is 6.54 Å². The molecule has 1 amide bonds. The van der Waals surface area contributed by atoms with Gasteiger partial charge >= 0.3 is 0 Å². The van der Waals surface area contributed by atoms with Crippen LogP contribution in [-0.4, -0.2) is 56.0 Å². The summed E-state index contributed by atoms with van der Waals surface area (Å²) in [6.07, 6.45) is 2.20. The number of ketones is 1. The topological polar surface area (TPSA) is 58.6 Å². The van der Waals surface area contributed by atoms with E-state index in [0.717, 1.165) is 31.4 Å². The number of benzene rings is 1. The third-order valence-corrected chi connectivity index (χ3v) is 5.55. The van der Waals surface area contributed by atoms with Crippen LogP contribution in [0.4, 0.5) is 0 Å². The lowest BCUT2D eigenvalue weighted by molar-refractivity contribution is -0.127. The minimum Gasteiger partial charge on any atom is -0.368 e. The second kappa shape index (κ2) is 9.47. The summed E-state index contributed by atoms with van der Waals surface area (Å²) < 4.78 is 5.65. The Morgan fingerprint density at radius 1 is 1.30 bits per heavy atom. The standard InChI is InChI=1S/C22H34N2O3/c1-6-22(2,3)14-17(16-10-8-7-9-11-16)21(26)23-20-18(25)15-27-19(20)12-13-24(4)5/h7-11,17,19-20H,6,12-15H2,1-5H3,(H,23,26). The zero-order chi connectivity index (χ0) is 20.0. The number of amides is 1. The van der Waals surface area contributed by atoms with Gasteiger partial charge in [-0.1, -0.05) is 57.5 Å². The summed E-state index contributed by atoms with van der Waals surface area (Å²) in [5, 5.41) is 3.02. The maximum absolute atomic E-state index is 13.2. The predicted octanol–water partition coefficient (Wildman–Crippen LogP) is 3.00. The third-order valence-electron chi connectivity index (χ3n) is 5.55. The van der Waals surface area contributed by atoms with Gasteiger partial charge in [0.2, 0.25) is 5.91 Å². The largest absolute Gasteiger partial charge is 0.368 e. The van der Waals surface area contributed by atoms with Crippen molar-refractivity contribution in [3.63, 3.8) is 0 Å². The van der Waals surface area contributed by atoms with Gasteiger partial charge in [-0.05, 0) is 37.9 Å². The Morgan fingerprint density at radius 3 is 2.56 bits per heavy atom. The highest BCUT2D eigenvalue weighted by Crippen LogP contribution is 2.34. The van der Waals surface area contributed by atoms with Gasteiger partial charge in [-0.2, -0.15) is 0 Å². The fourth-order valence-electron chi connectivity index (χ4n) is 3.39. The molecule has 0 aromatic heterocycles. The monoisotopic (exact) mass is 374 g/mol. The van der Waals surface area contributed by atoms with Gasteiger partial charge in [0.05, 0.1) is 12.0 Å². The van der Waals surface area contributed by atoms with E-state index in [9.17, 15) is 9.59 Å². The van der Waals surface area contributed by atoms with Crippen molar-refractivity contribution in [1.82, 2.24) is 10.2 Å². The lowest BCUT2D eigenvalue weighted by Gasteiger charge is -2.30. The van der Waals surface area contributed by atoms with E-state index >= 15 is 0 Å². The summed E-state index contributed by atoms with van der Waals surface area (Å²) in [5.74, 6) is -0.390. The molecule has 0 saturated carbocycles. The van der Waals surface area contributed by atoms with Gasteiger partial charge in [-0.15, -0.1) is 0 Å². The first-order chi connectivity index (χ1) is 12.7. The third kappa shape index (κ3) is 6.15. The molecule has 0 spiro atoms. The van der Waals surface area contributed by atoms with Crippen molar-refractivity contribution in [2.45, 2.75) is 58.1 Å². The van der Waals surface area contributed by atoms with Crippen LogP contribution in [0.2, 0.25) is 0 Å². The highest BCUT2D eigenvalue weighted by molar-refractivity contribution is 5.93. The van der Waals surface area contributed by atoms with Crippen molar-refractivity contribution in [2.24, 2.45) is 5.41 Å². The molecule has 1 aromatic rings. The first-order valence-electron chi connectivity index (χ1n) is 9.88. The van der Waals surface area contributed by atoms with Crippen molar-refractivity contribution >= 4 is 11.7 Å². The Kier molecular flexibility index (Phi) is 7.57. The van der Waals surface area contributed by atoms with Crippen LogP contribution in [0.25, 0.3) is 0 Å². The minimum atomic E-state index is -0.548. The van der Waals surface area contributed by atoms with Crippen molar-refractivity contribution in [1.29, 1.82) is 0 Å². The van der Waals surface area contributed by atoms with Gasteiger partial charge in [0.25, 0.3) is 0 Å². The second-order valence-corrected chi connectivity index (χ2v) is 8.58. The van der Waals surface area contributed by atoms with Crippen LogP contribution in [0.1, 0.15) is 51.5 Å². The molecule has 5 nitrogen and oxygen atoms in total. The van der Waals surface area contributed by atoms with E-state index in [4.69, 9.17) is 4.74 Å². The number of nitrogens with one attached hydrogen (secondary N) is 1. The van der Waals surface area contributed by atoms with Gasteiger partial charge in [0.1, 0.15) is 12.6 Å². The van der Waals surface area contributed by atoms with E-state index in [1.807, 2.05) is 44.4 Å². The highest BCUT2D eigenvalue weighted by atomic mass is 16.5. The molecule has 1 N–H and O–H groups in total. The van der Waals surface area contributed by atoms with Crippen LogP contribution >= 0.6 is 0 Å². The Hall–Kier alpha value is -1.72. The van der Waals surface area contributed by atoms with E-state index in [1.165, 1.54) is 0 Å². The van der Waals surface area contributed by atoms with Crippen LogP contribution in [0, 0.1) is 5.41 Å². The summed E-state index contributed by atoms with van der Waals surface area (Å²) in [6, 6.07) is 9.30. The van der Waals surface area contributed by atoms with E-state index in [2.05, 4.69) is 31.0 Å². The lowest BCUT2D eigenvalue weighted by atomic mass is 9.77. The van der Waals surface area contributed by atoms with Crippen molar-refractivity contribution in [2.75, 3.05) is 27.2 Å². The summed E-state index contributed by atoms with van der Waals surface area (Å²) >= 11 is 0. The summed E-state index contributed by atoms with van der Waals surface area (Å²) in [7, 11) is 3.98. The molecule has 0 aliphatic carbocycles. The van der Waals surface area contributed by atoms with Crippen LogP contribution < -0.4 is 5.32 Å². The fourth-order valence-corrected chi connectivity index (χ4v) is 3.39. The Bertz CT molecular complexity index is 628.